The van der Waals surface area contributed by atoms with E-state index in [-0.39, 0.29) is 30.1 Å². The topological polar surface area (TPSA) is 73.4 Å². The quantitative estimate of drug-likeness (QED) is 0.718. The van der Waals surface area contributed by atoms with E-state index in [0.29, 0.717) is 5.02 Å². The van der Waals surface area contributed by atoms with Gasteiger partial charge in [-0.2, -0.15) is 0 Å². The number of nitrogens with one attached hydrogen (secondary N) is 1. The van der Waals surface area contributed by atoms with E-state index in [9.17, 15) is 14.7 Å². The van der Waals surface area contributed by atoms with Crippen molar-refractivity contribution in [1.82, 2.24) is 4.98 Å². The molecule has 5 nitrogen and oxygen atoms in total. The van der Waals surface area contributed by atoms with Crippen LogP contribution in [0, 0.1) is 0 Å². The van der Waals surface area contributed by atoms with Gasteiger partial charge in [0.2, 0.25) is 5.91 Å². The van der Waals surface area contributed by atoms with Gasteiger partial charge in [-0.15, -0.1) is 0 Å². The maximum absolute atomic E-state index is 11.4. The van der Waals surface area contributed by atoms with Crippen LogP contribution in [-0.4, -0.2) is 28.6 Å². The van der Waals surface area contributed by atoms with Gasteiger partial charge in [0, 0.05) is 6.20 Å². The molecule has 0 aliphatic carbocycles. The van der Waals surface area contributed by atoms with Gasteiger partial charge in [-0.1, -0.05) is 11.6 Å². The first-order valence-electron chi connectivity index (χ1n) is 4.44. The van der Waals surface area contributed by atoms with E-state index in [1.807, 2.05) is 0 Å². The number of hydrogen-bond acceptors (Lipinski definition) is 3. The lowest BCUT2D eigenvalue weighted by Crippen LogP contribution is -2.30. The van der Waals surface area contributed by atoms with Crippen molar-refractivity contribution in [2.45, 2.75) is 12.5 Å². The molecule has 2 heterocycles. The second kappa shape index (κ2) is 3.67. The smallest absolute Gasteiger partial charge is 0.272 e. The SMILES string of the molecule is O=C1CC(O)CN1c1cc(Cl)c[nH]c1=O. The average Bonchev–Trinajstić information content (AvgIpc) is 2.50. The van der Waals surface area contributed by atoms with Gasteiger partial charge in [-0.25, -0.2) is 0 Å². The Labute approximate surface area is 90.3 Å². The molecule has 1 amide bonds. The van der Waals surface area contributed by atoms with Crippen LogP contribution in [0.3, 0.4) is 0 Å². The number of rotatable bonds is 1. The van der Waals surface area contributed by atoms with E-state index in [0.717, 1.165) is 0 Å². The molecule has 0 bridgehead atoms. The van der Waals surface area contributed by atoms with E-state index in [1.165, 1.54) is 17.2 Å². The van der Waals surface area contributed by atoms with Gasteiger partial charge in [0.15, 0.2) is 0 Å². The first kappa shape index (κ1) is 10.2. The number of aliphatic hydroxyl groups excluding tert-OH is 1. The summed E-state index contributed by atoms with van der Waals surface area (Å²) in [7, 11) is 0. The van der Waals surface area contributed by atoms with E-state index in [4.69, 9.17) is 11.6 Å². The maximum Gasteiger partial charge on any atom is 0.272 e. The highest BCUT2D eigenvalue weighted by Crippen LogP contribution is 2.20. The largest absolute Gasteiger partial charge is 0.391 e. The van der Waals surface area contributed by atoms with Gasteiger partial charge < -0.3 is 15.0 Å². The molecule has 0 radical (unpaired) electrons. The molecule has 6 heteroatoms. The van der Waals surface area contributed by atoms with Crippen molar-refractivity contribution in [3.63, 3.8) is 0 Å². The first-order chi connectivity index (χ1) is 7.08. The summed E-state index contributed by atoms with van der Waals surface area (Å²) in [6, 6.07) is 1.41. The summed E-state index contributed by atoms with van der Waals surface area (Å²) in [6.45, 7) is 0.141. The zero-order chi connectivity index (χ0) is 11.0. The summed E-state index contributed by atoms with van der Waals surface area (Å²) in [6.07, 6.45) is 0.687. The van der Waals surface area contributed by atoms with Crippen LogP contribution in [0.25, 0.3) is 0 Å². The maximum atomic E-state index is 11.4. The van der Waals surface area contributed by atoms with Crippen LogP contribution in [0.15, 0.2) is 17.1 Å². The van der Waals surface area contributed by atoms with Crippen molar-refractivity contribution in [1.29, 1.82) is 0 Å². The molecule has 0 aromatic carbocycles. The highest BCUT2D eigenvalue weighted by molar-refractivity contribution is 6.30. The molecule has 0 spiro atoms. The van der Waals surface area contributed by atoms with Gasteiger partial charge in [0.05, 0.1) is 24.1 Å². The lowest BCUT2D eigenvalue weighted by atomic mass is 10.3. The molecule has 2 rings (SSSR count). The Morgan fingerprint density at radius 2 is 2.27 bits per heavy atom. The minimum Gasteiger partial charge on any atom is -0.391 e. The monoisotopic (exact) mass is 228 g/mol. The molecule has 1 atom stereocenters. The molecular formula is C9H9ClN2O3. The molecular weight excluding hydrogens is 220 g/mol. The molecule has 2 N–H and O–H groups in total. The number of amides is 1. The number of aromatic nitrogens is 1. The van der Waals surface area contributed by atoms with E-state index in [2.05, 4.69) is 4.98 Å². The minimum absolute atomic E-state index is 0.0476. The molecule has 1 unspecified atom stereocenters. The number of aromatic amines is 1. The third kappa shape index (κ3) is 1.88. The fourth-order valence-electron chi connectivity index (χ4n) is 1.57. The number of pyridine rings is 1. The minimum atomic E-state index is -0.712. The number of H-pyrrole nitrogens is 1. The number of halogens is 1. The predicted molar refractivity (Wildman–Crippen MR) is 55.0 cm³/mol. The number of carbonyl (C=O) groups is 1. The Morgan fingerprint density at radius 1 is 1.53 bits per heavy atom. The second-order valence-electron chi connectivity index (χ2n) is 3.39. The van der Waals surface area contributed by atoms with Crippen molar-refractivity contribution >= 4 is 23.2 Å². The van der Waals surface area contributed by atoms with Crippen LogP contribution in [-0.2, 0) is 4.79 Å². The number of anilines is 1. The lowest BCUT2D eigenvalue weighted by molar-refractivity contribution is -0.117. The van der Waals surface area contributed by atoms with Crippen LogP contribution in [0.5, 0.6) is 0 Å². The predicted octanol–water partition coefficient (Wildman–Crippen LogP) is 0.126. The van der Waals surface area contributed by atoms with Gasteiger partial charge in [0.25, 0.3) is 5.56 Å². The Bertz CT molecular complexity index is 457. The molecule has 1 aliphatic rings. The molecule has 1 fully saturated rings. The highest BCUT2D eigenvalue weighted by atomic mass is 35.5. The normalized spacial score (nSPS) is 21.1. The summed E-state index contributed by atoms with van der Waals surface area (Å²) in [5, 5.41) is 9.63. The number of carbonyl (C=O) groups excluding carboxylic acids is 1. The van der Waals surface area contributed by atoms with Crippen molar-refractivity contribution in [2.24, 2.45) is 0 Å². The number of β-amino-alcohol motifs (C(OH)–C–C–N with tert-alkyl or cyclic N) is 1. The number of hydrogen-bond donors (Lipinski definition) is 2. The van der Waals surface area contributed by atoms with Crippen LogP contribution in [0.1, 0.15) is 6.42 Å². The molecule has 1 aromatic rings. The van der Waals surface area contributed by atoms with Crippen LogP contribution in [0.2, 0.25) is 5.02 Å². The average molecular weight is 229 g/mol. The Morgan fingerprint density at radius 3 is 2.87 bits per heavy atom. The Hall–Kier alpha value is -1.33. The van der Waals surface area contributed by atoms with Crippen molar-refractivity contribution < 1.29 is 9.90 Å². The fraction of sp³-hybridized carbons (Fsp3) is 0.333. The third-order valence-corrected chi connectivity index (χ3v) is 2.46. The molecule has 15 heavy (non-hydrogen) atoms. The summed E-state index contributed by atoms with van der Waals surface area (Å²) in [4.78, 5) is 26.5. The van der Waals surface area contributed by atoms with Gasteiger partial charge >= 0.3 is 0 Å². The van der Waals surface area contributed by atoms with Gasteiger partial charge in [-0.3, -0.25) is 9.59 Å². The number of nitrogens with zero attached hydrogens (tertiary/aromatic N) is 1. The zero-order valence-electron chi connectivity index (χ0n) is 7.74. The molecule has 1 saturated heterocycles. The highest BCUT2D eigenvalue weighted by Gasteiger charge is 2.30. The summed E-state index contributed by atoms with van der Waals surface area (Å²) in [5.74, 6) is -0.268. The van der Waals surface area contributed by atoms with Crippen LogP contribution < -0.4 is 10.5 Å². The van der Waals surface area contributed by atoms with E-state index in [1.54, 1.807) is 0 Å². The van der Waals surface area contributed by atoms with Gasteiger partial charge in [0.1, 0.15) is 5.69 Å². The molecule has 1 aromatic heterocycles. The lowest BCUT2D eigenvalue weighted by Gasteiger charge is -2.14. The van der Waals surface area contributed by atoms with E-state index >= 15 is 0 Å². The molecule has 0 saturated carbocycles. The zero-order valence-corrected chi connectivity index (χ0v) is 8.49. The van der Waals surface area contributed by atoms with E-state index < -0.39 is 6.10 Å². The van der Waals surface area contributed by atoms with Crippen LogP contribution in [0.4, 0.5) is 5.69 Å². The Balaban J connectivity index is 2.41. The summed E-state index contributed by atoms with van der Waals surface area (Å²) < 4.78 is 0. The molecule has 1 aliphatic heterocycles. The first-order valence-corrected chi connectivity index (χ1v) is 4.82. The second-order valence-corrected chi connectivity index (χ2v) is 3.83. The third-order valence-electron chi connectivity index (χ3n) is 2.24. The molecule has 80 valence electrons. The Kier molecular flexibility index (Phi) is 2.50. The number of aliphatic hydroxyl groups is 1. The van der Waals surface area contributed by atoms with Crippen molar-refractivity contribution in [3.05, 3.63) is 27.6 Å². The van der Waals surface area contributed by atoms with Crippen LogP contribution >= 0.6 is 11.6 Å². The summed E-state index contributed by atoms with van der Waals surface area (Å²) >= 11 is 5.71. The van der Waals surface area contributed by atoms with Gasteiger partial charge in [-0.05, 0) is 6.07 Å². The summed E-state index contributed by atoms with van der Waals surface area (Å²) in [5.41, 5.74) is -0.203. The standard InChI is InChI=1S/C9H9ClN2O3/c10-5-1-7(9(15)11-3-5)12-4-6(13)2-8(12)14/h1,3,6,13H,2,4H2,(H,11,15). The fourth-order valence-corrected chi connectivity index (χ4v) is 1.73. The van der Waals surface area contributed by atoms with Crippen molar-refractivity contribution in [3.8, 4) is 0 Å². The van der Waals surface area contributed by atoms with Crippen molar-refractivity contribution in [2.75, 3.05) is 11.4 Å².